The average molecular weight is 283 g/mol. The fourth-order valence-electron chi connectivity index (χ4n) is 1.56. The second kappa shape index (κ2) is 5.60. The Balaban J connectivity index is 2.18. The van der Waals surface area contributed by atoms with E-state index < -0.39 is 33.8 Å². The standard InChI is InChI=1S/C13H8F3NO3/c14-9-3-1-2-8(4-9)7-20-13-6-10(15)12(17(18)19)5-11(13)16/h1-6H,7H2. The van der Waals surface area contributed by atoms with Crippen molar-refractivity contribution in [2.24, 2.45) is 0 Å². The Hall–Kier alpha value is -2.57. The molecule has 0 bridgehead atoms. The van der Waals surface area contributed by atoms with Crippen LogP contribution in [0.15, 0.2) is 36.4 Å². The van der Waals surface area contributed by atoms with E-state index in [-0.39, 0.29) is 6.61 Å². The van der Waals surface area contributed by atoms with E-state index >= 15 is 0 Å². The summed E-state index contributed by atoms with van der Waals surface area (Å²) in [6.45, 7) is -0.189. The van der Waals surface area contributed by atoms with Gasteiger partial charge >= 0.3 is 5.69 Å². The third-order valence-electron chi connectivity index (χ3n) is 2.48. The van der Waals surface area contributed by atoms with Gasteiger partial charge in [-0.2, -0.15) is 4.39 Å². The van der Waals surface area contributed by atoms with Crippen LogP contribution in [0.2, 0.25) is 0 Å². The van der Waals surface area contributed by atoms with Crippen molar-refractivity contribution in [2.45, 2.75) is 6.61 Å². The van der Waals surface area contributed by atoms with Crippen molar-refractivity contribution >= 4 is 5.69 Å². The highest BCUT2D eigenvalue weighted by atomic mass is 19.1. The lowest BCUT2D eigenvalue weighted by Crippen LogP contribution is -2.00. The van der Waals surface area contributed by atoms with Gasteiger partial charge in [-0.15, -0.1) is 0 Å². The minimum absolute atomic E-state index is 0.189. The zero-order valence-electron chi connectivity index (χ0n) is 9.98. The molecule has 0 fully saturated rings. The Morgan fingerprint density at radius 1 is 1.10 bits per heavy atom. The predicted octanol–water partition coefficient (Wildman–Crippen LogP) is 3.59. The summed E-state index contributed by atoms with van der Waals surface area (Å²) in [6.07, 6.45) is 0. The van der Waals surface area contributed by atoms with Gasteiger partial charge in [-0.25, -0.2) is 8.78 Å². The van der Waals surface area contributed by atoms with Crippen molar-refractivity contribution in [3.8, 4) is 5.75 Å². The average Bonchev–Trinajstić information content (AvgIpc) is 2.39. The smallest absolute Gasteiger partial charge is 0.307 e. The van der Waals surface area contributed by atoms with Crippen LogP contribution in [0.5, 0.6) is 5.75 Å². The lowest BCUT2D eigenvalue weighted by molar-refractivity contribution is -0.387. The summed E-state index contributed by atoms with van der Waals surface area (Å²) in [5, 5.41) is 10.4. The van der Waals surface area contributed by atoms with E-state index in [1.165, 1.54) is 18.2 Å². The van der Waals surface area contributed by atoms with Crippen LogP contribution in [-0.2, 0) is 6.61 Å². The van der Waals surface area contributed by atoms with Crippen molar-refractivity contribution < 1.29 is 22.8 Å². The zero-order chi connectivity index (χ0) is 14.7. The summed E-state index contributed by atoms with van der Waals surface area (Å²) in [5.74, 6) is -3.22. The van der Waals surface area contributed by atoms with E-state index in [2.05, 4.69) is 0 Å². The number of nitrogens with zero attached hydrogens (tertiary/aromatic N) is 1. The minimum Gasteiger partial charge on any atom is -0.486 e. The molecule has 0 aromatic heterocycles. The number of halogens is 3. The third-order valence-corrected chi connectivity index (χ3v) is 2.48. The first-order valence-corrected chi connectivity index (χ1v) is 5.48. The van der Waals surface area contributed by atoms with Gasteiger partial charge in [-0.1, -0.05) is 12.1 Å². The van der Waals surface area contributed by atoms with Gasteiger partial charge in [0.1, 0.15) is 12.4 Å². The first-order chi connectivity index (χ1) is 9.47. The van der Waals surface area contributed by atoms with Crippen LogP contribution in [-0.4, -0.2) is 4.92 Å². The Labute approximate surface area is 111 Å². The van der Waals surface area contributed by atoms with Crippen LogP contribution in [0.1, 0.15) is 5.56 Å². The van der Waals surface area contributed by atoms with Crippen molar-refractivity contribution in [3.63, 3.8) is 0 Å². The number of nitro benzene ring substituents is 1. The molecule has 0 atom stereocenters. The molecule has 7 heteroatoms. The van der Waals surface area contributed by atoms with Crippen LogP contribution >= 0.6 is 0 Å². The van der Waals surface area contributed by atoms with Crippen LogP contribution < -0.4 is 4.74 Å². The van der Waals surface area contributed by atoms with E-state index in [1.54, 1.807) is 6.07 Å². The molecule has 0 saturated carbocycles. The Morgan fingerprint density at radius 2 is 1.85 bits per heavy atom. The molecule has 0 unspecified atom stereocenters. The maximum Gasteiger partial charge on any atom is 0.307 e. The first kappa shape index (κ1) is 13.9. The molecule has 0 aliphatic heterocycles. The zero-order valence-corrected chi connectivity index (χ0v) is 9.98. The fraction of sp³-hybridized carbons (Fsp3) is 0.0769. The number of hydrogen-bond acceptors (Lipinski definition) is 3. The quantitative estimate of drug-likeness (QED) is 0.636. The van der Waals surface area contributed by atoms with Crippen LogP contribution in [0.3, 0.4) is 0 Å². The summed E-state index contributed by atoms with van der Waals surface area (Å²) in [6, 6.07) is 6.43. The summed E-state index contributed by atoms with van der Waals surface area (Å²) in [5.41, 5.74) is -0.552. The SMILES string of the molecule is O=[N+]([O-])c1cc(F)c(OCc2cccc(F)c2)cc1F. The largest absolute Gasteiger partial charge is 0.486 e. The Bertz CT molecular complexity index is 661. The monoisotopic (exact) mass is 283 g/mol. The molecule has 4 nitrogen and oxygen atoms in total. The molecule has 104 valence electrons. The molecule has 0 radical (unpaired) electrons. The van der Waals surface area contributed by atoms with Crippen molar-refractivity contribution in [1.29, 1.82) is 0 Å². The maximum atomic E-state index is 13.5. The van der Waals surface area contributed by atoms with E-state index in [0.717, 1.165) is 0 Å². The van der Waals surface area contributed by atoms with E-state index in [4.69, 9.17) is 4.74 Å². The molecule has 0 amide bonds. The molecular weight excluding hydrogens is 275 g/mol. The molecule has 0 heterocycles. The summed E-state index contributed by atoms with van der Waals surface area (Å²) >= 11 is 0. The molecule has 2 aromatic rings. The third kappa shape index (κ3) is 3.05. The van der Waals surface area contributed by atoms with Crippen molar-refractivity contribution in [2.75, 3.05) is 0 Å². The van der Waals surface area contributed by atoms with Gasteiger partial charge in [0, 0.05) is 6.07 Å². The van der Waals surface area contributed by atoms with Crippen LogP contribution in [0, 0.1) is 27.6 Å². The van der Waals surface area contributed by atoms with Gasteiger partial charge in [-0.3, -0.25) is 10.1 Å². The van der Waals surface area contributed by atoms with Gasteiger partial charge in [0.2, 0.25) is 5.82 Å². The van der Waals surface area contributed by atoms with Crippen LogP contribution in [0.25, 0.3) is 0 Å². The molecule has 2 aromatic carbocycles. The second-order valence-corrected chi connectivity index (χ2v) is 3.91. The normalized spacial score (nSPS) is 10.3. The minimum atomic E-state index is -1.20. The number of nitro groups is 1. The van der Waals surface area contributed by atoms with Gasteiger partial charge < -0.3 is 4.74 Å². The van der Waals surface area contributed by atoms with Gasteiger partial charge in [0.25, 0.3) is 0 Å². The number of ether oxygens (including phenoxy) is 1. The summed E-state index contributed by atoms with van der Waals surface area (Å²) in [4.78, 5) is 9.39. The molecule has 0 aliphatic carbocycles. The van der Waals surface area contributed by atoms with Crippen molar-refractivity contribution in [1.82, 2.24) is 0 Å². The molecule has 2 rings (SSSR count). The number of benzene rings is 2. The highest BCUT2D eigenvalue weighted by molar-refractivity contribution is 5.39. The number of hydrogen-bond donors (Lipinski definition) is 0. The van der Waals surface area contributed by atoms with E-state index in [1.807, 2.05) is 0 Å². The van der Waals surface area contributed by atoms with Crippen LogP contribution in [0.4, 0.5) is 18.9 Å². The molecule has 0 aliphatic rings. The second-order valence-electron chi connectivity index (χ2n) is 3.91. The van der Waals surface area contributed by atoms with E-state index in [0.29, 0.717) is 17.7 Å². The predicted molar refractivity (Wildman–Crippen MR) is 63.7 cm³/mol. The lowest BCUT2D eigenvalue weighted by Gasteiger charge is -2.07. The molecular formula is C13H8F3NO3. The Morgan fingerprint density at radius 3 is 2.50 bits per heavy atom. The molecule has 0 saturated heterocycles. The summed E-state index contributed by atoms with van der Waals surface area (Å²) in [7, 11) is 0. The Kier molecular flexibility index (Phi) is 3.88. The van der Waals surface area contributed by atoms with Gasteiger partial charge in [0.05, 0.1) is 11.0 Å². The molecule has 20 heavy (non-hydrogen) atoms. The topological polar surface area (TPSA) is 52.4 Å². The van der Waals surface area contributed by atoms with Gasteiger partial charge in [-0.05, 0) is 17.7 Å². The first-order valence-electron chi connectivity index (χ1n) is 5.48. The molecule has 0 N–H and O–H groups in total. The van der Waals surface area contributed by atoms with Crippen molar-refractivity contribution in [3.05, 3.63) is 69.5 Å². The fourth-order valence-corrected chi connectivity index (χ4v) is 1.56. The maximum absolute atomic E-state index is 13.5. The highest BCUT2D eigenvalue weighted by Crippen LogP contribution is 2.26. The summed E-state index contributed by atoms with van der Waals surface area (Å²) < 4.78 is 44.7. The lowest BCUT2D eigenvalue weighted by atomic mass is 10.2. The van der Waals surface area contributed by atoms with Gasteiger partial charge in [0.15, 0.2) is 11.6 Å². The van der Waals surface area contributed by atoms with E-state index in [9.17, 15) is 23.3 Å². The number of rotatable bonds is 4. The highest BCUT2D eigenvalue weighted by Gasteiger charge is 2.19. The molecule has 0 spiro atoms.